The number of aromatic nitrogens is 3. The predicted octanol–water partition coefficient (Wildman–Crippen LogP) is 10.9. The maximum atomic E-state index is 9.33. The van der Waals surface area contributed by atoms with E-state index < -0.39 is 78.2 Å². The van der Waals surface area contributed by atoms with Crippen LogP contribution in [0.1, 0.15) is 16.4 Å². The van der Waals surface area contributed by atoms with Crippen molar-refractivity contribution >= 4 is 53.3 Å². The highest BCUT2D eigenvalue weighted by Crippen LogP contribution is 2.40. The first-order valence-electron chi connectivity index (χ1n) is 19.8. The quantitative estimate of drug-likeness (QED) is 0.204. The molecular formula is C40H25N3S. The molecule has 0 spiro atoms. The smallest absolute Gasteiger partial charge is 0.161 e. The van der Waals surface area contributed by atoms with Gasteiger partial charge in [-0.1, -0.05) is 103 Å². The monoisotopic (exact) mass is 591 g/mol. The summed E-state index contributed by atoms with van der Waals surface area (Å²) >= 11 is 1.66. The fraction of sp³-hybridized carbons (Fsp3) is 0. The fourth-order valence-electron chi connectivity index (χ4n) is 5.67. The molecule has 0 radical (unpaired) electrons. The Morgan fingerprint density at radius 1 is 0.545 bits per heavy atom. The maximum Gasteiger partial charge on any atom is 0.161 e. The van der Waals surface area contributed by atoms with Gasteiger partial charge in [-0.15, -0.1) is 11.3 Å². The van der Waals surface area contributed by atoms with Crippen molar-refractivity contribution in [3.63, 3.8) is 0 Å². The summed E-state index contributed by atoms with van der Waals surface area (Å²) in [5.74, 6) is -0.0763. The van der Waals surface area contributed by atoms with E-state index in [2.05, 4.69) is 6.07 Å². The summed E-state index contributed by atoms with van der Waals surface area (Å²) in [5.41, 5.74) is 1.17. The van der Waals surface area contributed by atoms with Gasteiger partial charge in [0.15, 0.2) is 5.82 Å². The van der Waals surface area contributed by atoms with Crippen molar-refractivity contribution in [3.8, 4) is 39.6 Å². The number of hydrogen-bond acceptors (Lipinski definition) is 3. The summed E-state index contributed by atoms with van der Waals surface area (Å²) in [7, 11) is 0. The third kappa shape index (κ3) is 3.96. The molecule has 0 aliphatic carbocycles. The SMILES string of the molecule is [2H]c1c([2H])c([2H])c(-n2c3c([2H])c([2H])c([2H])c([2H])c3c3c(-c4nc(-c5ccccc5)cc(-c5ccc6sc7ccccc7c6c5)n4)c([2H])c([2H])c([2H])c32)c([2H])c1[2H]. The lowest BCUT2D eigenvalue weighted by Crippen LogP contribution is -1.97. The van der Waals surface area contributed by atoms with Crippen LogP contribution in [0.4, 0.5) is 0 Å². The molecule has 206 valence electrons. The summed E-state index contributed by atoms with van der Waals surface area (Å²) < 4.78 is 109. The van der Waals surface area contributed by atoms with Crippen LogP contribution in [0.2, 0.25) is 0 Å². The molecule has 3 aromatic heterocycles. The first-order chi connectivity index (χ1) is 26.8. The van der Waals surface area contributed by atoms with Crippen molar-refractivity contribution in [2.45, 2.75) is 0 Å². The van der Waals surface area contributed by atoms with Crippen molar-refractivity contribution in [1.82, 2.24) is 14.5 Å². The second kappa shape index (κ2) is 10.0. The van der Waals surface area contributed by atoms with Crippen LogP contribution in [0.15, 0.2) is 151 Å². The number of fused-ring (bicyclic) bond motifs is 6. The first-order valence-corrected chi connectivity index (χ1v) is 14.6. The number of rotatable bonds is 4. The van der Waals surface area contributed by atoms with Gasteiger partial charge in [-0.05, 0) is 48.4 Å². The Labute approximate surface area is 275 Å². The van der Waals surface area contributed by atoms with Crippen LogP contribution < -0.4 is 0 Å². The molecule has 0 aliphatic rings. The molecule has 0 saturated heterocycles. The van der Waals surface area contributed by atoms with Gasteiger partial charge in [0.1, 0.15) is 0 Å². The van der Waals surface area contributed by atoms with Crippen LogP contribution in [-0.4, -0.2) is 14.5 Å². The van der Waals surface area contributed by atoms with Crippen molar-refractivity contribution in [1.29, 1.82) is 0 Å². The molecule has 3 nitrogen and oxygen atoms in total. The summed E-state index contributed by atoms with van der Waals surface area (Å²) in [5, 5.41) is 1.80. The van der Waals surface area contributed by atoms with Crippen molar-refractivity contribution < 1.29 is 16.4 Å². The van der Waals surface area contributed by atoms with Crippen molar-refractivity contribution in [2.75, 3.05) is 0 Å². The van der Waals surface area contributed by atoms with E-state index in [0.29, 0.717) is 17.0 Å². The molecule has 9 rings (SSSR count). The molecule has 0 unspecified atom stereocenters. The molecular weight excluding hydrogens is 555 g/mol. The van der Waals surface area contributed by atoms with Crippen LogP contribution in [0.5, 0.6) is 0 Å². The zero-order valence-corrected chi connectivity index (χ0v) is 23.6. The topological polar surface area (TPSA) is 30.7 Å². The molecule has 44 heavy (non-hydrogen) atoms. The second-order valence-corrected chi connectivity index (χ2v) is 11.2. The largest absolute Gasteiger partial charge is 0.309 e. The van der Waals surface area contributed by atoms with Crippen LogP contribution in [-0.2, 0) is 0 Å². The Hall–Kier alpha value is -5.58. The van der Waals surface area contributed by atoms with Gasteiger partial charge in [0.05, 0.1) is 38.9 Å². The lowest BCUT2D eigenvalue weighted by molar-refractivity contribution is 1.17. The number of hydrogen-bond donors (Lipinski definition) is 0. The van der Waals surface area contributed by atoms with Crippen LogP contribution >= 0.6 is 11.3 Å². The molecule has 4 heteroatoms. The highest BCUT2D eigenvalue weighted by molar-refractivity contribution is 7.25. The summed E-state index contributed by atoms with van der Waals surface area (Å²) in [6.07, 6.45) is 0. The van der Waals surface area contributed by atoms with Gasteiger partial charge in [0.25, 0.3) is 0 Å². The van der Waals surface area contributed by atoms with Gasteiger partial charge in [-0.2, -0.15) is 0 Å². The number of para-hydroxylation sites is 2. The second-order valence-electron chi connectivity index (χ2n) is 10.1. The molecule has 6 aromatic carbocycles. The van der Waals surface area contributed by atoms with Crippen LogP contribution in [0.3, 0.4) is 0 Å². The Bertz CT molecular complexity index is 3150. The number of nitrogens with zero attached hydrogens (tertiary/aromatic N) is 3. The van der Waals surface area contributed by atoms with E-state index in [1.807, 2.05) is 66.7 Å². The highest BCUT2D eigenvalue weighted by atomic mass is 32.1. The zero-order chi connectivity index (χ0) is 39.5. The van der Waals surface area contributed by atoms with Gasteiger partial charge in [0.2, 0.25) is 0 Å². The molecule has 0 saturated carbocycles. The van der Waals surface area contributed by atoms with Crippen LogP contribution in [0.25, 0.3) is 81.6 Å². The number of benzene rings is 6. The molecule has 3 heterocycles. The highest BCUT2D eigenvalue weighted by Gasteiger charge is 2.19. The van der Waals surface area contributed by atoms with E-state index in [4.69, 9.17) is 23.7 Å². The molecule has 0 aliphatic heterocycles. The van der Waals surface area contributed by atoms with Crippen LogP contribution in [0, 0.1) is 0 Å². The molecule has 0 N–H and O–H groups in total. The molecule has 0 bridgehead atoms. The van der Waals surface area contributed by atoms with Gasteiger partial charge in [-0.25, -0.2) is 9.97 Å². The van der Waals surface area contributed by atoms with E-state index in [1.165, 1.54) is 0 Å². The molecule has 0 atom stereocenters. The van der Waals surface area contributed by atoms with Gasteiger partial charge in [-0.3, -0.25) is 0 Å². The summed E-state index contributed by atoms with van der Waals surface area (Å²) in [6.45, 7) is 0. The average molecular weight is 592 g/mol. The molecule has 0 amide bonds. The van der Waals surface area contributed by atoms with E-state index >= 15 is 0 Å². The van der Waals surface area contributed by atoms with E-state index in [0.717, 1.165) is 30.3 Å². The first kappa shape index (κ1) is 15.8. The van der Waals surface area contributed by atoms with Gasteiger partial charge >= 0.3 is 0 Å². The molecule has 9 aromatic rings. The lowest BCUT2D eigenvalue weighted by Gasteiger charge is -2.11. The predicted molar refractivity (Wildman–Crippen MR) is 186 cm³/mol. The minimum atomic E-state index is -0.703. The van der Waals surface area contributed by atoms with E-state index in [1.54, 1.807) is 17.4 Å². The van der Waals surface area contributed by atoms with Crippen molar-refractivity contribution in [3.05, 3.63) is 151 Å². The third-order valence-corrected chi connectivity index (χ3v) is 8.77. The Morgan fingerprint density at radius 3 is 2.16 bits per heavy atom. The summed E-state index contributed by atoms with van der Waals surface area (Å²) in [6, 6.07) is 17.5. The molecule has 0 fully saturated rings. The maximum absolute atomic E-state index is 9.33. The van der Waals surface area contributed by atoms with E-state index in [9.17, 15) is 2.74 Å². The third-order valence-electron chi connectivity index (χ3n) is 7.62. The minimum Gasteiger partial charge on any atom is -0.309 e. The lowest BCUT2D eigenvalue weighted by atomic mass is 10.0. The van der Waals surface area contributed by atoms with Crippen molar-refractivity contribution in [2.24, 2.45) is 0 Å². The van der Waals surface area contributed by atoms with E-state index in [-0.39, 0.29) is 33.2 Å². The minimum absolute atomic E-state index is 0.0763. The average Bonchev–Trinajstić information content (AvgIpc) is 3.76. The Balaban J connectivity index is 1.47. The Kier molecular flexibility index (Phi) is 3.59. The number of thiophene rings is 1. The Morgan fingerprint density at radius 2 is 1.27 bits per heavy atom. The normalized spacial score (nSPS) is 15.5. The summed E-state index contributed by atoms with van der Waals surface area (Å²) in [4.78, 5) is 9.88. The van der Waals surface area contributed by atoms with Gasteiger partial charge < -0.3 is 4.57 Å². The zero-order valence-electron chi connectivity index (χ0n) is 34.8. The van der Waals surface area contributed by atoms with Gasteiger partial charge in [0, 0.05) is 53.3 Å². The fourth-order valence-corrected chi connectivity index (χ4v) is 6.76. The standard InChI is InChI=1S/C40H25N3S/c1-3-12-26(13-4-1)33-25-34(27-22-23-38-32(24-27)29-16-8-10-21-37(29)44-38)42-40(41-33)31-18-11-20-36-39(31)30-17-7-9-19-35(30)43(36)28-14-5-2-6-15-28/h1-25H/i2D,5D,6D,7D,9D,11D,14D,15D,17D,18D,19D,20D.